The van der Waals surface area contributed by atoms with Crippen LogP contribution in [0, 0.1) is 0 Å². The summed E-state index contributed by atoms with van der Waals surface area (Å²) >= 11 is 0. The standard InChI is InChI=1S/C18H21N3/c1-2-15(19)12-17-7-5-11-21(17)13-16-10-9-14-6-3-4-8-18(14)20-16/h3-11,15H,2,12-13,19H2,1H3. The summed E-state index contributed by atoms with van der Waals surface area (Å²) in [4.78, 5) is 4.74. The van der Waals surface area contributed by atoms with E-state index in [1.807, 2.05) is 12.1 Å². The number of pyridine rings is 1. The van der Waals surface area contributed by atoms with Crippen molar-refractivity contribution in [1.82, 2.24) is 9.55 Å². The van der Waals surface area contributed by atoms with Gasteiger partial charge < -0.3 is 10.3 Å². The maximum absolute atomic E-state index is 6.07. The zero-order chi connectivity index (χ0) is 14.7. The highest BCUT2D eigenvalue weighted by Gasteiger charge is 2.07. The molecule has 2 N–H and O–H groups in total. The molecule has 0 aliphatic carbocycles. The minimum Gasteiger partial charge on any atom is -0.345 e. The van der Waals surface area contributed by atoms with Gasteiger partial charge in [-0.15, -0.1) is 0 Å². The first-order valence-electron chi connectivity index (χ1n) is 7.50. The van der Waals surface area contributed by atoms with Gasteiger partial charge in [-0.3, -0.25) is 4.98 Å². The van der Waals surface area contributed by atoms with Gasteiger partial charge in [0.1, 0.15) is 0 Å². The van der Waals surface area contributed by atoms with Gasteiger partial charge in [0.15, 0.2) is 0 Å². The predicted octanol–water partition coefficient (Wildman–Crippen LogP) is 3.36. The molecule has 0 aliphatic rings. The second-order valence-corrected chi connectivity index (χ2v) is 5.50. The van der Waals surface area contributed by atoms with E-state index in [4.69, 9.17) is 10.7 Å². The second-order valence-electron chi connectivity index (χ2n) is 5.50. The molecular formula is C18H21N3. The molecule has 1 atom stereocenters. The number of nitrogens with two attached hydrogens (primary N) is 1. The molecular weight excluding hydrogens is 258 g/mol. The molecule has 0 saturated heterocycles. The molecule has 0 amide bonds. The van der Waals surface area contributed by atoms with E-state index in [2.05, 4.69) is 54.1 Å². The predicted molar refractivity (Wildman–Crippen MR) is 87.2 cm³/mol. The van der Waals surface area contributed by atoms with Crippen LogP contribution in [0.5, 0.6) is 0 Å². The van der Waals surface area contributed by atoms with Crippen LogP contribution in [0.15, 0.2) is 54.7 Å². The van der Waals surface area contributed by atoms with E-state index in [0.29, 0.717) is 0 Å². The molecule has 1 unspecified atom stereocenters. The van der Waals surface area contributed by atoms with E-state index in [9.17, 15) is 0 Å². The summed E-state index contributed by atoms with van der Waals surface area (Å²) in [5.74, 6) is 0. The number of benzene rings is 1. The number of fused-ring (bicyclic) bond motifs is 1. The van der Waals surface area contributed by atoms with Gasteiger partial charge in [0.2, 0.25) is 0 Å². The molecule has 0 spiro atoms. The fraction of sp³-hybridized carbons (Fsp3) is 0.278. The normalized spacial score (nSPS) is 12.7. The number of aromatic nitrogens is 2. The zero-order valence-corrected chi connectivity index (χ0v) is 12.4. The molecule has 3 heteroatoms. The molecule has 108 valence electrons. The van der Waals surface area contributed by atoms with Crippen LogP contribution in [-0.2, 0) is 13.0 Å². The quantitative estimate of drug-likeness (QED) is 0.778. The first-order chi connectivity index (χ1) is 10.3. The molecule has 0 aliphatic heterocycles. The summed E-state index contributed by atoms with van der Waals surface area (Å²) in [5.41, 5.74) is 9.48. The third-order valence-electron chi connectivity index (χ3n) is 3.91. The Kier molecular flexibility index (Phi) is 4.02. The lowest BCUT2D eigenvalue weighted by molar-refractivity contribution is 0.608. The molecule has 0 fully saturated rings. The third kappa shape index (κ3) is 3.14. The SMILES string of the molecule is CCC(N)Cc1cccn1Cc1ccc2ccccc2n1. The number of rotatable bonds is 5. The average molecular weight is 279 g/mol. The van der Waals surface area contributed by atoms with E-state index in [1.54, 1.807) is 0 Å². The maximum Gasteiger partial charge on any atom is 0.0706 e. The lowest BCUT2D eigenvalue weighted by Crippen LogP contribution is -2.23. The summed E-state index contributed by atoms with van der Waals surface area (Å²) in [6.07, 6.45) is 4.02. The van der Waals surface area contributed by atoms with E-state index >= 15 is 0 Å². The van der Waals surface area contributed by atoms with Crippen LogP contribution in [0.4, 0.5) is 0 Å². The Bertz CT molecular complexity index is 730. The van der Waals surface area contributed by atoms with Crippen molar-refractivity contribution in [1.29, 1.82) is 0 Å². The largest absolute Gasteiger partial charge is 0.345 e. The van der Waals surface area contributed by atoms with Crippen molar-refractivity contribution < 1.29 is 0 Å². The summed E-state index contributed by atoms with van der Waals surface area (Å²) in [6, 6.07) is 16.9. The molecule has 21 heavy (non-hydrogen) atoms. The monoisotopic (exact) mass is 279 g/mol. The van der Waals surface area contributed by atoms with Gasteiger partial charge >= 0.3 is 0 Å². The summed E-state index contributed by atoms with van der Waals surface area (Å²) in [5, 5.41) is 1.18. The van der Waals surface area contributed by atoms with Crippen LogP contribution in [0.3, 0.4) is 0 Å². The van der Waals surface area contributed by atoms with E-state index in [0.717, 1.165) is 30.6 Å². The smallest absolute Gasteiger partial charge is 0.0706 e. The fourth-order valence-electron chi connectivity index (χ4n) is 2.57. The molecule has 2 heterocycles. The van der Waals surface area contributed by atoms with Crippen molar-refractivity contribution in [2.75, 3.05) is 0 Å². The Balaban J connectivity index is 1.83. The lowest BCUT2D eigenvalue weighted by Gasteiger charge is -2.13. The third-order valence-corrected chi connectivity index (χ3v) is 3.91. The highest BCUT2D eigenvalue weighted by Crippen LogP contribution is 2.14. The molecule has 0 bridgehead atoms. The van der Waals surface area contributed by atoms with Crippen molar-refractivity contribution >= 4 is 10.9 Å². The Morgan fingerprint density at radius 3 is 2.81 bits per heavy atom. The number of nitrogens with zero attached hydrogens (tertiary/aromatic N) is 2. The van der Waals surface area contributed by atoms with Gasteiger partial charge in [0, 0.05) is 29.7 Å². The average Bonchev–Trinajstić information content (AvgIpc) is 2.94. The van der Waals surface area contributed by atoms with Crippen LogP contribution >= 0.6 is 0 Å². The lowest BCUT2D eigenvalue weighted by atomic mass is 10.1. The molecule has 0 saturated carbocycles. The molecule has 3 rings (SSSR count). The van der Waals surface area contributed by atoms with E-state index in [-0.39, 0.29) is 6.04 Å². The maximum atomic E-state index is 6.07. The van der Waals surface area contributed by atoms with Crippen molar-refractivity contribution in [3.8, 4) is 0 Å². The van der Waals surface area contributed by atoms with Crippen LogP contribution in [0.2, 0.25) is 0 Å². The first kappa shape index (κ1) is 13.8. The second kappa shape index (κ2) is 6.10. The van der Waals surface area contributed by atoms with Gasteiger partial charge in [-0.2, -0.15) is 0 Å². The van der Waals surface area contributed by atoms with Gasteiger partial charge in [-0.25, -0.2) is 0 Å². The Morgan fingerprint density at radius 2 is 1.95 bits per heavy atom. The van der Waals surface area contributed by atoms with Crippen molar-refractivity contribution in [3.05, 3.63) is 66.1 Å². The van der Waals surface area contributed by atoms with Crippen LogP contribution in [0.1, 0.15) is 24.7 Å². The van der Waals surface area contributed by atoms with E-state index in [1.165, 1.54) is 11.1 Å². The van der Waals surface area contributed by atoms with Gasteiger partial charge in [0.05, 0.1) is 17.8 Å². The number of hydrogen-bond donors (Lipinski definition) is 1. The molecule has 1 aromatic carbocycles. The summed E-state index contributed by atoms with van der Waals surface area (Å²) in [6.45, 7) is 2.92. The Hall–Kier alpha value is -2.13. The first-order valence-corrected chi connectivity index (χ1v) is 7.50. The molecule has 3 aromatic rings. The van der Waals surface area contributed by atoms with Crippen LogP contribution < -0.4 is 5.73 Å². The van der Waals surface area contributed by atoms with Crippen molar-refractivity contribution in [2.45, 2.75) is 32.4 Å². The zero-order valence-electron chi connectivity index (χ0n) is 12.4. The highest BCUT2D eigenvalue weighted by atomic mass is 15.0. The van der Waals surface area contributed by atoms with Crippen LogP contribution in [-0.4, -0.2) is 15.6 Å². The molecule has 3 nitrogen and oxygen atoms in total. The van der Waals surface area contributed by atoms with Gasteiger partial charge in [-0.1, -0.05) is 31.2 Å². The summed E-state index contributed by atoms with van der Waals surface area (Å²) < 4.78 is 2.24. The minimum absolute atomic E-state index is 0.225. The Labute approximate surface area is 125 Å². The fourth-order valence-corrected chi connectivity index (χ4v) is 2.57. The summed E-state index contributed by atoms with van der Waals surface area (Å²) in [7, 11) is 0. The van der Waals surface area contributed by atoms with Crippen molar-refractivity contribution in [2.24, 2.45) is 5.73 Å². The van der Waals surface area contributed by atoms with Gasteiger partial charge in [-0.05, 0) is 30.7 Å². The number of para-hydroxylation sites is 1. The minimum atomic E-state index is 0.225. The number of hydrogen-bond acceptors (Lipinski definition) is 2. The molecule has 0 radical (unpaired) electrons. The van der Waals surface area contributed by atoms with Crippen molar-refractivity contribution in [3.63, 3.8) is 0 Å². The van der Waals surface area contributed by atoms with Crippen LogP contribution in [0.25, 0.3) is 10.9 Å². The topological polar surface area (TPSA) is 43.8 Å². The van der Waals surface area contributed by atoms with E-state index < -0.39 is 0 Å². The Morgan fingerprint density at radius 1 is 1.10 bits per heavy atom. The van der Waals surface area contributed by atoms with Gasteiger partial charge in [0.25, 0.3) is 0 Å². The highest BCUT2D eigenvalue weighted by molar-refractivity contribution is 5.78. The molecule has 2 aromatic heterocycles.